The van der Waals surface area contributed by atoms with Gasteiger partial charge in [0.2, 0.25) is 0 Å². The Morgan fingerprint density at radius 1 is 1.21 bits per heavy atom. The third-order valence-electron chi connectivity index (χ3n) is 2.97. The molecule has 2 N–H and O–H groups in total. The van der Waals surface area contributed by atoms with Crippen molar-refractivity contribution in [3.8, 4) is 5.75 Å². The maximum Gasteiger partial charge on any atom is 0.140 e. The van der Waals surface area contributed by atoms with Gasteiger partial charge in [-0.1, -0.05) is 17.7 Å². The van der Waals surface area contributed by atoms with Gasteiger partial charge < -0.3 is 15.0 Å². The van der Waals surface area contributed by atoms with Crippen LogP contribution < -0.4 is 5.32 Å². The first kappa shape index (κ1) is 11.9. The summed E-state index contributed by atoms with van der Waals surface area (Å²) in [7, 11) is 1.93. The van der Waals surface area contributed by atoms with Crippen LogP contribution in [-0.2, 0) is 7.05 Å². The Labute approximate surface area is 115 Å². The van der Waals surface area contributed by atoms with Crippen molar-refractivity contribution >= 4 is 34.0 Å². The first-order valence-corrected chi connectivity index (χ1v) is 6.18. The number of para-hydroxylation sites is 1. The van der Waals surface area contributed by atoms with Crippen molar-refractivity contribution in [3.05, 3.63) is 47.7 Å². The van der Waals surface area contributed by atoms with Crippen molar-refractivity contribution in [2.75, 3.05) is 5.32 Å². The van der Waals surface area contributed by atoms with Crippen molar-refractivity contribution in [2.45, 2.75) is 0 Å². The van der Waals surface area contributed by atoms with Crippen LogP contribution in [0.2, 0.25) is 5.02 Å². The van der Waals surface area contributed by atoms with E-state index in [1.54, 1.807) is 18.5 Å². The lowest BCUT2D eigenvalue weighted by atomic mass is 10.2. The normalized spacial score (nSPS) is 10.8. The Morgan fingerprint density at radius 2 is 2.05 bits per heavy atom. The number of phenolic OH excluding ortho intramolecular Hbond substituents is 1. The number of imidazole rings is 1. The first-order valence-electron chi connectivity index (χ1n) is 5.81. The summed E-state index contributed by atoms with van der Waals surface area (Å²) >= 11 is 5.82. The number of fused-ring (bicyclic) bond motifs is 1. The van der Waals surface area contributed by atoms with Gasteiger partial charge in [-0.3, -0.25) is 0 Å². The lowest BCUT2D eigenvalue weighted by molar-refractivity contribution is 0.478. The van der Waals surface area contributed by atoms with Gasteiger partial charge >= 0.3 is 0 Å². The van der Waals surface area contributed by atoms with E-state index >= 15 is 0 Å². The van der Waals surface area contributed by atoms with Gasteiger partial charge in [0.15, 0.2) is 0 Å². The molecule has 1 aromatic heterocycles. The van der Waals surface area contributed by atoms with E-state index in [1.807, 2.05) is 29.8 Å². The van der Waals surface area contributed by atoms with E-state index in [-0.39, 0.29) is 5.75 Å². The van der Waals surface area contributed by atoms with Gasteiger partial charge in [-0.05, 0) is 24.3 Å². The number of aromatic nitrogens is 2. The smallest absolute Gasteiger partial charge is 0.140 e. The van der Waals surface area contributed by atoms with E-state index in [9.17, 15) is 5.11 Å². The maximum atomic E-state index is 9.88. The minimum absolute atomic E-state index is 0.117. The van der Waals surface area contributed by atoms with Crippen LogP contribution in [0.3, 0.4) is 0 Å². The summed E-state index contributed by atoms with van der Waals surface area (Å²) < 4.78 is 1.94. The quantitative estimate of drug-likeness (QED) is 0.701. The largest absolute Gasteiger partial charge is 0.506 e. The van der Waals surface area contributed by atoms with Crippen LogP contribution in [0.15, 0.2) is 42.7 Å². The summed E-state index contributed by atoms with van der Waals surface area (Å²) in [6, 6.07) is 10.8. The van der Waals surface area contributed by atoms with Crippen molar-refractivity contribution in [1.82, 2.24) is 9.55 Å². The van der Waals surface area contributed by atoms with Gasteiger partial charge in [0.1, 0.15) is 5.75 Å². The summed E-state index contributed by atoms with van der Waals surface area (Å²) in [5, 5.41) is 13.6. The predicted molar refractivity (Wildman–Crippen MR) is 77.1 cm³/mol. The molecule has 1 heterocycles. The molecule has 3 rings (SSSR count). The van der Waals surface area contributed by atoms with E-state index < -0.39 is 0 Å². The lowest BCUT2D eigenvalue weighted by Gasteiger charge is -2.10. The highest BCUT2D eigenvalue weighted by molar-refractivity contribution is 6.30. The fourth-order valence-electron chi connectivity index (χ4n) is 2.07. The molecule has 19 heavy (non-hydrogen) atoms. The Bertz CT molecular complexity index is 752. The zero-order chi connectivity index (χ0) is 13.4. The van der Waals surface area contributed by atoms with Gasteiger partial charge in [-0.25, -0.2) is 4.98 Å². The molecule has 0 aliphatic rings. The van der Waals surface area contributed by atoms with E-state index in [2.05, 4.69) is 10.3 Å². The molecule has 4 nitrogen and oxygen atoms in total. The number of nitrogens with one attached hydrogen (secondary N) is 1. The fraction of sp³-hybridized carbons (Fsp3) is 0.0714. The number of rotatable bonds is 2. The predicted octanol–water partition coefficient (Wildman–Crippen LogP) is 3.68. The van der Waals surface area contributed by atoms with Gasteiger partial charge in [0.05, 0.1) is 28.7 Å². The molecule has 3 aromatic rings. The van der Waals surface area contributed by atoms with Gasteiger partial charge in [-0.15, -0.1) is 0 Å². The van der Waals surface area contributed by atoms with E-state index in [1.165, 1.54) is 6.07 Å². The van der Waals surface area contributed by atoms with Crippen LogP contribution in [0, 0.1) is 0 Å². The van der Waals surface area contributed by atoms with Crippen molar-refractivity contribution in [3.63, 3.8) is 0 Å². The van der Waals surface area contributed by atoms with Crippen LogP contribution in [-0.4, -0.2) is 14.7 Å². The number of aryl methyl sites for hydroxylation is 1. The highest BCUT2D eigenvalue weighted by atomic mass is 35.5. The fourth-order valence-corrected chi connectivity index (χ4v) is 2.24. The van der Waals surface area contributed by atoms with E-state index in [0.717, 1.165) is 16.7 Å². The summed E-state index contributed by atoms with van der Waals surface area (Å²) in [4.78, 5) is 4.30. The number of halogens is 1. The molecule has 96 valence electrons. The molecular formula is C14H12ClN3O. The Morgan fingerprint density at radius 3 is 2.84 bits per heavy atom. The second-order valence-electron chi connectivity index (χ2n) is 4.32. The highest BCUT2D eigenvalue weighted by Crippen LogP contribution is 2.32. The topological polar surface area (TPSA) is 50.1 Å². The summed E-state index contributed by atoms with van der Waals surface area (Å²) in [5.74, 6) is 0.117. The molecule has 0 saturated carbocycles. The standard InChI is InChI=1S/C14H12ClN3O/c1-18-8-16-11-3-2-4-12(14(11)18)17-10-6-5-9(15)7-13(10)19/h2-8,17,19H,1H3. The molecule has 5 heteroatoms. The van der Waals surface area contributed by atoms with Crippen molar-refractivity contribution in [2.24, 2.45) is 7.05 Å². The average molecular weight is 274 g/mol. The number of phenols is 1. The van der Waals surface area contributed by atoms with Gasteiger partial charge in [-0.2, -0.15) is 0 Å². The monoisotopic (exact) mass is 273 g/mol. The molecule has 0 fully saturated rings. The third kappa shape index (κ3) is 2.11. The van der Waals surface area contributed by atoms with Crippen molar-refractivity contribution < 1.29 is 5.11 Å². The molecule has 0 unspecified atom stereocenters. The summed E-state index contributed by atoms with van der Waals surface area (Å²) in [6.07, 6.45) is 1.76. The van der Waals surface area contributed by atoms with Crippen LogP contribution in [0.1, 0.15) is 0 Å². The molecule has 0 aliphatic carbocycles. The maximum absolute atomic E-state index is 9.88. The SMILES string of the molecule is Cn1cnc2cccc(Nc3ccc(Cl)cc3O)c21. The number of aromatic hydroxyl groups is 1. The Kier molecular flexibility index (Phi) is 2.80. The zero-order valence-electron chi connectivity index (χ0n) is 10.3. The van der Waals surface area contributed by atoms with Crippen LogP contribution >= 0.6 is 11.6 Å². The molecule has 2 aromatic carbocycles. The molecule has 0 spiro atoms. The summed E-state index contributed by atoms with van der Waals surface area (Å²) in [5.41, 5.74) is 3.38. The molecule has 0 bridgehead atoms. The highest BCUT2D eigenvalue weighted by Gasteiger charge is 2.08. The Hall–Kier alpha value is -2.20. The molecule has 0 saturated heterocycles. The molecule has 0 aliphatic heterocycles. The number of anilines is 2. The summed E-state index contributed by atoms with van der Waals surface area (Å²) in [6.45, 7) is 0. The second kappa shape index (κ2) is 4.48. The lowest BCUT2D eigenvalue weighted by Crippen LogP contribution is -1.95. The third-order valence-corrected chi connectivity index (χ3v) is 3.20. The van der Waals surface area contributed by atoms with Crippen LogP contribution in [0.4, 0.5) is 11.4 Å². The average Bonchev–Trinajstić information content (AvgIpc) is 2.76. The molecule has 0 radical (unpaired) electrons. The van der Waals surface area contributed by atoms with Crippen LogP contribution in [0.5, 0.6) is 5.75 Å². The number of hydrogen-bond donors (Lipinski definition) is 2. The Balaban J connectivity index is 2.08. The minimum atomic E-state index is 0.117. The zero-order valence-corrected chi connectivity index (χ0v) is 11.0. The molecule has 0 amide bonds. The van der Waals surface area contributed by atoms with Crippen molar-refractivity contribution in [1.29, 1.82) is 0 Å². The number of hydrogen-bond acceptors (Lipinski definition) is 3. The molecule has 0 atom stereocenters. The first-order chi connectivity index (χ1) is 9.15. The number of nitrogens with zero attached hydrogens (tertiary/aromatic N) is 2. The minimum Gasteiger partial charge on any atom is -0.506 e. The molecular weight excluding hydrogens is 262 g/mol. The van der Waals surface area contributed by atoms with E-state index in [4.69, 9.17) is 11.6 Å². The van der Waals surface area contributed by atoms with Gasteiger partial charge in [0, 0.05) is 18.1 Å². The number of benzene rings is 2. The van der Waals surface area contributed by atoms with Gasteiger partial charge in [0.25, 0.3) is 0 Å². The van der Waals surface area contributed by atoms with Crippen LogP contribution in [0.25, 0.3) is 11.0 Å². The van der Waals surface area contributed by atoms with E-state index in [0.29, 0.717) is 10.7 Å². The second-order valence-corrected chi connectivity index (χ2v) is 4.75.